The molecule has 0 aromatic rings. The first kappa shape index (κ1) is 16.2. The second kappa shape index (κ2) is 7.75. The van der Waals surface area contributed by atoms with Gasteiger partial charge in [-0.15, -0.1) is 0 Å². The quantitative estimate of drug-likeness (QED) is 0.659. The van der Waals surface area contributed by atoms with Crippen molar-refractivity contribution < 1.29 is 9.59 Å². The number of nitrogens with zero attached hydrogens (tertiary/aromatic N) is 1. The van der Waals surface area contributed by atoms with Gasteiger partial charge in [-0.05, 0) is 59.2 Å². The smallest absolute Gasteiger partial charge is 0.242 e. The first-order chi connectivity index (χ1) is 10.1. The molecule has 2 fully saturated rings. The van der Waals surface area contributed by atoms with E-state index in [9.17, 15) is 9.59 Å². The Kier molecular flexibility index (Phi) is 5.99. The number of nitrogens with one attached hydrogen (secondary N) is 3. The van der Waals surface area contributed by atoms with E-state index in [1.165, 1.54) is 0 Å². The van der Waals surface area contributed by atoms with Crippen molar-refractivity contribution in [2.24, 2.45) is 0 Å². The van der Waals surface area contributed by atoms with Crippen molar-refractivity contribution in [3.05, 3.63) is 0 Å². The summed E-state index contributed by atoms with van der Waals surface area (Å²) in [6, 6.07) is -0.0258. The zero-order valence-electron chi connectivity index (χ0n) is 13.2. The fourth-order valence-electron chi connectivity index (χ4n) is 3.35. The molecule has 2 saturated heterocycles. The highest BCUT2D eigenvalue weighted by atomic mass is 16.2. The molecule has 0 spiro atoms. The summed E-state index contributed by atoms with van der Waals surface area (Å²) in [5.41, 5.74) is 0. The number of likely N-dealkylation sites (tertiary alicyclic amines) is 1. The highest BCUT2D eigenvalue weighted by molar-refractivity contribution is 5.89. The lowest BCUT2D eigenvalue weighted by Gasteiger charge is -2.35. The van der Waals surface area contributed by atoms with Crippen molar-refractivity contribution in [2.45, 2.75) is 57.7 Å². The van der Waals surface area contributed by atoms with Crippen molar-refractivity contribution in [1.82, 2.24) is 20.9 Å². The lowest BCUT2D eigenvalue weighted by Crippen LogP contribution is -2.54. The molecule has 0 aromatic heterocycles. The summed E-state index contributed by atoms with van der Waals surface area (Å²) >= 11 is 0. The molecule has 6 heteroatoms. The Hall–Kier alpha value is -1.14. The van der Waals surface area contributed by atoms with Crippen molar-refractivity contribution >= 4 is 11.8 Å². The highest BCUT2D eigenvalue weighted by Gasteiger charge is 2.36. The highest BCUT2D eigenvalue weighted by Crippen LogP contribution is 2.24. The summed E-state index contributed by atoms with van der Waals surface area (Å²) in [7, 11) is 0. The van der Waals surface area contributed by atoms with E-state index in [1.54, 1.807) is 6.92 Å². The van der Waals surface area contributed by atoms with E-state index in [1.807, 2.05) is 6.92 Å². The predicted octanol–water partition coefficient (Wildman–Crippen LogP) is -0.156. The molecule has 2 atom stereocenters. The molecule has 0 aromatic carbocycles. The number of likely N-dealkylation sites (N-methyl/N-ethyl adjacent to an activating group) is 1. The molecule has 6 nitrogen and oxygen atoms in total. The molecule has 0 aliphatic carbocycles. The van der Waals surface area contributed by atoms with Gasteiger partial charge in [0.05, 0.1) is 6.04 Å². The van der Waals surface area contributed by atoms with E-state index in [2.05, 4.69) is 20.9 Å². The van der Waals surface area contributed by atoms with E-state index in [0.717, 1.165) is 45.3 Å². The minimum atomic E-state index is -0.465. The Morgan fingerprint density at radius 3 is 2.67 bits per heavy atom. The van der Waals surface area contributed by atoms with E-state index in [0.29, 0.717) is 12.6 Å². The SMILES string of the molecule is CCNC(=O)C(C)NC(=O)C1CCCN1C1CCNCC1. The molecule has 2 unspecified atom stereocenters. The zero-order valence-corrected chi connectivity index (χ0v) is 13.2. The van der Waals surface area contributed by atoms with Gasteiger partial charge in [0.1, 0.15) is 6.04 Å². The monoisotopic (exact) mass is 296 g/mol. The van der Waals surface area contributed by atoms with E-state index >= 15 is 0 Å². The van der Waals surface area contributed by atoms with Crippen LogP contribution in [0.3, 0.4) is 0 Å². The Balaban J connectivity index is 1.89. The van der Waals surface area contributed by atoms with Gasteiger partial charge < -0.3 is 16.0 Å². The number of amides is 2. The van der Waals surface area contributed by atoms with Gasteiger partial charge in [-0.25, -0.2) is 0 Å². The largest absolute Gasteiger partial charge is 0.355 e. The molecule has 2 amide bonds. The van der Waals surface area contributed by atoms with Crippen LogP contribution in [0.25, 0.3) is 0 Å². The maximum atomic E-state index is 12.5. The molecule has 2 rings (SSSR count). The molecule has 2 aliphatic rings. The normalized spacial score (nSPS) is 25.5. The summed E-state index contributed by atoms with van der Waals surface area (Å²) in [6.07, 6.45) is 4.18. The van der Waals surface area contributed by atoms with Gasteiger partial charge in [-0.1, -0.05) is 0 Å². The molecule has 0 saturated carbocycles. The fourth-order valence-corrected chi connectivity index (χ4v) is 3.35. The minimum absolute atomic E-state index is 0.00443. The standard InChI is InChI=1S/C15H28N4O2/c1-3-17-14(20)11(2)18-15(21)13-5-4-10-19(13)12-6-8-16-9-7-12/h11-13,16H,3-10H2,1-2H3,(H,17,20)(H,18,21). The second-order valence-electron chi connectivity index (χ2n) is 6.00. The van der Waals surface area contributed by atoms with Crippen LogP contribution in [-0.4, -0.2) is 61.0 Å². The summed E-state index contributed by atoms with van der Waals surface area (Å²) in [5, 5.41) is 8.97. The van der Waals surface area contributed by atoms with Gasteiger partial charge >= 0.3 is 0 Å². The Labute approximate surface area is 127 Å². The average molecular weight is 296 g/mol. The van der Waals surface area contributed by atoms with Gasteiger partial charge in [0.15, 0.2) is 0 Å². The zero-order chi connectivity index (χ0) is 15.2. The predicted molar refractivity (Wildman–Crippen MR) is 81.9 cm³/mol. The maximum absolute atomic E-state index is 12.5. The van der Waals surface area contributed by atoms with Crippen LogP contribution in [0.5, 0.6) is 0 Å². The van der Waals surface area contributed by atoms with Crippen LogP contribution in [0.1, 0.15) is 39.5 Å². The van der Waals surface area contributed by atoms with Gasteiger partial charge in [0, 0.05) is 12.6 Å². The Bertz CT molecular complexity index is 369. The molecule has 0 bridgehead atoms. The topological polar surface area (TPSA) is 73.5 Å². The van der Waals surface area contributed by atoms with E-state index in [-0.39, 0.29) is 17.9 Å². The Morgan fingerprint density at radius 1 is 1.29 bits per heavy atom. The van der Waals surface area contributed by atoms with Crippen LogP contribution in [0.2, 0.25) is 0 Å². The van der Waals surface area contributed by atoms with Crippen molar-refractivity contribution in [3.8, 4) is 0 Å². The van der Waals surface area contributed by atoms with Gasteiger partial charge in [0.25, 0.3) is 0 Å². The van der Waals surface area contributed by atoms with Crippen molar-refractivity contribution in [1.29, 1.82) is 0 Å². The number of piperidine rings is 1. The third-order valence-electron chi connectivity index (χ3n) is 4.48. The van der Waals surface area contributed by atoms with Crippen LogP contribution in [0.4, 0.5) is 0 Å². The minimum Gasteiger partial charge on any atom is -0.355 e. The molecule has 21 heavy (non-hydrogen) atoms. The van der Waals surface area contributed by atoms with Gasteiger partial charge in [-0.3, -0.25) is 14.5 Å². The summed E-state index contributed by atoms with van der Waals surface area (Å²) in [5.74, 6) is -0.109. The second-order valence-corrected chi connectivity index (χ2v) is 6.00. The Morgan fingerprint density at radius 2 is 2.00 bits per heavy atom. The molecular weight excluding hydrogens is 268 g/mol. The molecular formula is C15H28N4O2. The summed E-state index contributed by atoms with van der Waals surface area (Å²) in [6.45, 7) is 7.27. The van der Waals surface area contributed by atoms with Crippen LogP contribution < -0.4 is 16.0 Å². The number of hydrogen-bond acceptors (Lipinski definition) is 4. The van der Waals surface area contributed by atoms with Crippen molar-refractivity contribution in [2.75, 3.05) is 26.2 Å². The first-order valence-electron chi connectivity index (χ1n) is 8.18. The first-order valence-corrected chi connectivity index (χ1v) is 8.18. The van der Waals surface area contributed by atoms with Gasteiger partial charge in [0.2, 0.25) is 11.8 Å². The third kappa shape index (κ3) is 4.17. The lowest BCUT2D eigenvalue weighted by molar-refractivity contribution is -0.131. The molecule has 2 heterocycles. The van der Waals surface area contributed by atoms with Crippen LogP contribution in [0, 0.1) is 0 Å². The van der Waals surface area contributed by atoms with E-state index in [4.69, 9.17) is 0 Å². The molecule has 120 valence electrons. The summed E-state index contributed by atoms with van der Waals surface area (Å²) < 4.78 is 0. The van der Waals surface area contributed by atoms with Crippen LogP contribution in [-0.2, 0) is 9.59 Å². The lowest BCUT2D eigenvalue weighted by atomic mass is 10.0. The number of carbonyl (C=O) groups is 2. The van der Waals surface area contributed by atoms with E-state index < -0.39 is 6.04 Å². The number of hydrogen-bond donors (Lipinski definition) is 3. The van der Waals surface area contributed by atoms with Crippen LogP contribution >= 0.6 is 0 Å². The molecule has 3 N–H and O–H groups in total. The average Bonchev–Trinajstić information content (AvgIpc) is 2.98. The van der Waals surface area contributed by atoms with Crippen LogP contribution in [0.15, 0.2) is 0 Å². The maximum Gasteiger partial charge on any atom is 0.242 e. The molecule has 2 aliphatic heterocycles. The van der Waals surface area contributed by atoms with Crippen molar-refractivity contribution in [3.63, 3.8) is 0 Å². The number of carbonyl (C=O) groups excluding carboxylic acids is 2. The number of rotatable bonds is 5. The third-order valence-corrected chi connectivity index (χ3v) is 4.48. The fraction of sp³-hybridized carbons (Fsp3) is 0.867. The molecule has 0 radical (unpaired) electrons. The van der Waals surface area contributed by atoms with Gasteiger partial charge in [-0.2, -0.15) is 0 Å². The summed E-state index contributed by atoms with van der Waals surface area (Å²) in [4.78, 5) is 26.5.